The van der Waals surface area contributed by atoms with E-state index >= 15 is 0 Å². The zero-order valence-corrected chi connectivity index (χ0v) is 14.1. The fourth-order valence-corrected chi connectivity index (χ4v) is 5.58. The average molecular weight is 324 g/mol. The number of ketones is 1. The van der Waals surface area contributed by atoms with Gasteiger partial charge >= 0.3 is 0 Å². The first-order valence-corrected chi connectivity index (χ1v) is 9.34. The van der Waals surface area contributed by atoms with Crippen LogP contribution in [0.2, 0.25) is 0 Å². The Labute approximate surface area is 142 Å². The zero-order chi connectivity index (χ0) is 16.4. The van der Waals surface area contributed by atoms with Gasteiger partial charge in [-0.1, -0.05) is 6.07 Å². The summed E-state index contributed by atoms with van der Waals surface area (Å²) in [6, 6.07) is 6.04. The van der Waals surface area contributed by atoms with Crippen molar-refractivity contribution >= 4 is 11.4 Å². The third-order valence-corrected chi connectivity index (χ3v) is 6.89. The number of allylic oxidation sites excluding steroid dienone is 2. The highest BCUT2D eigenvalue weighted by atomic mass is 16.5. The first-order valence-electron chi connectivity index (χ1n) is 9.34. The molecule has 0 radical (unpaired) electrons. The second kappa shape index (κ2) is 5.11. The Morgan fingerprint density at radius 3 is 2.25 bits per heavy atom. The van der Waals surface area contributed by atoms with Crippen molar-refractivity contribution < 1.29 is 14.6 Å². The van der Waals surface area contributed by atoms with Crippen LogP contribution in [0.1, 0.15) is 55.6 Å². The van der Waals surface area contributed by atoms with Gasteiger partial charge in [0.05, 0.1) is 12.7 Å². The molecule has 4 saturated carbocycles. The molecule has 0 saturated heterocycles. The molecule has 2 atom stereocenters. The summed E-state index contributed by atoms with van der Waals surface area (Å²) < 4.78 is 5.40. The third kappa shape index (κ3) is 1.93. The lowest BCUT2D eigenvalue weighted by Gasteiger charge is -2.44. The number of Topliss-reactive ketones (excluding diaryl/α,β-unsaturated/α-hetero) is 1. The largest absolute Gasteiger partial charge is 0.511 e. The van der Waals surface area contributed by atoms with Crippen LogP contribution < -0.4 is 4.74 Å². The maximum absolute atomic E-state index is 13.3. The maximum Gasteiger partial charge on any atom is 0.170 e. The Morgan fingerprint density at radius 1 is 1.00 bits per heavy atom. The quantitative estimate of drug-likeness (QED) is 0.892. The lowest BCUT2D eigenvalue weighted by molar-refractivity contribution is -0.123. The van der Waals surface area contributed by atoms with Crippen molar-refractivity contribution in [2.75, 3.05) is 7.11 Å². The van der Waals surface area contributed by atoms with Crippen LogP contribution in [0.25, 0.3) is 5.57 Å². The van der Waals surface area contributed by atoms with Crippen LogP contribution in [0.4, 0.5) is 0 Å². The molecule has 4 fully saturated rings. The molecule has 1 N–H and O–H groups in total. The summed E-state index contributed by atoms with van der Waals surface area (Å²) in [5, 5.41) is 11.0. The van der Waals surface area contributed by atoms with Crippen LogP contribution in [-0.2, 0) is 4.79 Å². The van der Waals surface area contributed by atoms with Gasteiger partial charge in [0.15, 0.2) is 5.78 Å². The molecule has 2 bridgehead atoms. The summed E-state index contributed by atoms with van der Waals surface area (Å²) in [5.74, 6) is 2.97. The van der Waals surface area contributed by atoms with Crippen LogP contribution in [0.15, 0.2) is 24.0 Å². The van der Waals surface area contributed by atoms with E-state index in [0.29, 0.717) is 29.1 Å². The Balaban J connectivity index is 1.65. The fourth-order valence-electron chi connectivity index (χ4n) is 5.58. The van der Waals surface area contributed by atoms with Crippen molar-refractivity contribution in [3.05, 3.63) is 35.1 Å². The van der Waals surface area contributed by atoms with Gasteiger partial charge in [-0.05, 0) is 79.5 Å². The van der Waals surface area contributed by atoms with Gasteiger partial charge in [-0.25, -0.2) is 0 Å². The predicted molar refractivity (Wildman–Crippen MR) is 92.0 cm³/mol. The van der Waals surface area contributed by atoms with Crippen LogP contribution in [0, 0.1) is 23.7 Å². The molecule has 24 heavy (non-hydrogen) atoms. The highest BCUT2D eigenvalue weighted by Crippen LogP contribution is 2.58. The van der Waals surface area contributed by atoms with E-state index in [-0.39, 0.29) is 17.6 Å². The van der Waals surface area contributed by atoms with Gasteiger partial charge < -0.3 is 9.84 Å². The minimum Gasteiger partial charge on any atom is -0.511 e. The summed E-state index contributed by atoms with van der Waals surface area (Å²) in [6.45, 7) is 0. The lowest BCUT2D eigenvalue weighted by Crippen LogP contribution is -2.41. The summed E-state index contributed by atoms with van der Waals surface area (Å²) >= 11 is 0. The molecule has 2 unspecified atom stereocenters. The lowest BCUT2D eigenvalue weighted by atomic mass is 9.59. The van der Waals surface area contributed by atoms with E-state index in [1.165, 1.54) is 31.2 Å². The number of benzene rings is 1. The van der Waals surface area contributed by atoms with Crippen LogP contribution >= 0.6 is 0 Å². The molecule has 5 aliphatic carbocycles. The molecule has 3 heteroatoms. The van der Waals surface area contributed by atoms with Crippen molar-refractivity contribution in [3.63, 3.8) is 0 Å². The molecular formula is C21H24O3. The van der Waals surface area contributed by atoms with Gasteiger partial charge in [0.2, 0.25) is 0 Å². The van der Waals surface area contributed by atoms with E-state index < -0.39 is 0 Å². The monoisotopic (exact) mass is 324 g/mol. The Bertz CT molecular complexity index is 735. The van der Waals surface area contributed by atoms with Crippen LogP contribution in [0.3, 0.4) is 0 Å². The van der Waals surface area contributed by atoms with Crippen molar-refractivity contribution in [2.24, 2.45) is 23.7 Å². The Kier molecular flexibility index (Phi) is 3.10. The third-order valence-electron chi connectivity index (χ3n) is 6.89. The van der Waals surface area contributed by atoms with E-state index in [1.807, 2.05) is 12.1 Å². The van der Waals surface area contributed by atoms with Crippen molar-refractivity contribution in [3.8, 4) is 5.75 Å². The standard InChI is InChI=1S/C21H24O3/c1-24-14-8-9-15(11-2-3-11)16(10-14)19-20(22)17-12-4-5-13(7-6-12)18(17)21(19)23/h8-13,17-18,22H,2-7H2,1H3. The second-order valence-electron chi connectivity index (χ2n) is 8.08. The number of rotatable bonds is 3. The Hall–Kier alpha value is -1.77. The zero-order valence-electron chi connectivity index (χ0n) is 14.1. The van der Waals surface area contributed by atoms with E-state index in [2.05, 4.69) is 6.07 Å². The van der Waals surface area contributed by atoms with Gasteiger partial charge in [-0.15, -0.1) is 0 Å². The molecule has 1 aromatic carbocycles. The molecule has 6 rings (SSSR count). The van der Waals surface area contributed by atoms with Crippen molar-refractivity contribution in [1.29, 1.82) is 0 Å². The molecule has 0 amide bonds. The molecule has 0 aliphatic heterocycles. The predicted octanol–water partition coefficient (Wildman–Crippen LogP) is 4.48. The molecule has 126 valence electrons. The number of methoxy groups -OCH3 is 1. The summed E-state index contributed by atoms with van der Waals surface area (Å²) in [6.07, 6.45) is 7.02. The van der Waals surface area contributed by atoms with Gasteiger partial charge in [-0.3, -0.25) is 4.79 Å². The Morgan fingerprint density at radius 2 is 1.67 bits per heavy atom. The number of aliphatic hydroxyl groups is 1. The number of fused-ring (bicyclic) bond motifs is 2. The smallest absolute Gasteiger partial charge is 0.170 e. The first-order chi connectivity index (χ1) is 11.7. The summed E-state index contributed by atoms with van der Waals surface area (Å²) in [5.41, 5.74) is 2.77. The molecule has 1 aromatic rings. The number of aliphatic hydroxyl groups excluding tert-OH is 1. The first kappa shape index (κ1) is 14.6. The van der Waals surface area contributed by atoms with E-state index in [4.69, 9.17) is 4.74 Å². The molecule has 0 spiro atoms. The number of carbonyl (C=O) groups excluding carboxylic acids is 1. The van der Waals surface area contributed by atoms with Gasteiger partial charge in [0, 0.05) is 11.8 Å². The van der Waals surface area contributed by atoms with Gasteiger partial charge in [0.25, 0.3) is 0 Å². The maximum atomic E-state index is 13.3. The van der Waals surface area contributed by atoms with E-state index in [0.717, 1.165) is 24.2 Å². The second-order valence-corrected chi connectivity index (χ2v) is 8.08. The molecule has 0 aromatic heterocycles. The molecule has 0 heterocycles. The highest BCUT2D eigenvalue weighted by molar-refractivity contribution is 6.25. The summed E-state index contributed by atoms with van der Waals surface area (Å²) in [4.78, 5) is 13.3. The minimum absolute atomic E-state index is 0.0331. The number of hydrogen-bond acceptors (Lipinski definition) is 3. The fraction of sp³-hybridized carbons (Fsp3) is 0.571. The van der Waals surface area contributed by atoms with Crippen LogP contribution in [0.5, 0.6) is 5.75 Å². The topological polar surface area (TPSA) is 46.5 Å². The van der Waals surface area contributed by atoms with Crippen molar-refractivity contribution in [1.82, 2.24) is 0 Å². The number of carbonyl (C=O) groups is 1. The molecule has 5 aliphatic rings. The normalized spacial score (nSPS) is 34.6. The van der Waals surface area contributed by atoms with Crippen LogP contribution in [-0.4, -0.2) is 18.0 Å². The minimum atomic E-state index is 0.0331. The molecular weight excluding hydrogens is 300 g/mol. The van der Waals surface area contributed by atoms with E-state index in [9.17, 15) is 9.90 Å². The van der Waals surface area contributed by atoms with Gasteiger partial charge in [0.1, 0.15) is 11.5 Å². The highest BCUT2D eigenvalue weighted by Gasteiger charge is 2.54. The SMILES string of the molecule is COc1ccc(C2CC2)c(C2=C(O)C3C4CCC(CC4)C3C2=O)c1. The molecule has 3 nitrogen and oxygen atoms in total. The number of ether oxygens (including phenoxy) is 1. The van der Waals surface area contributed by atoms with Crippen molar-refractivity contribution in [2.45, 2.75) is 44.4 Å². The number of hydrogen-bond donors (Lipinski definition) is 1. The summed E-state index contributed by atoms with van der Waals surface area (Å²) in [7, 11) is 1.65. The van der Waals surface area contributed by atoms with Gasteiger partial charge in [-0.2, -0.15) is 0 Å². The average Bonchev–Trinajstić information content (AvgIpc) is 3.42. The van der Waals surface area contributed by atoms with E-state index in [1.54, 1.807) is 7.11 Å².